The summed E-state index contributed by atoms with van der Waals surface area (Å²) in [6.45, 7) is 5.67. The van der Waals surface area contributed by atoms with Crippen molar-refractivity contribution in [2.45, 2.75) is 26.3 Å². The van der Waals surface area contributed by atoms with Crippen molar-refractivity contribution < 1.29 is 4.92 Å². The van der Waals surface area contributed by atoms with Crippen molar-refractivity contribution in [3.05, 3.63) is 22.2 Å². The van der Waals surface area contributed by atoms with Gasteiger partial charge in [-0.3, -0.25) is 10.1 Å². The van der Waals surface area contributed by atoms with E-state index in [9.17, 15) is 10.1 Å². The topological polar surface area (TPSA) is 106 Å². The molecule has 0 spiro atoms. The van der Waals surface area contributed by atoms with Crippen LogP contribution in [0.2, 0.25) is 0 Å². The van der Waals surface area contributed by atoms with E-state index in [-0.39, 0.29) is 17.0 Å². The summed E-state index contributed by atoms with van der Waals surface area (Å²) in [4.78, 5) is 14.3. The van der Waals surface area contributed by atoms with E-state index in [1.807, 2.05) is 20.8 Å². The third-order valence-electron chi connectivity index (χ3n) is 1.71. The van der Waals surface area contributed by atoms with Crippen LogP contribution in [0, 0.1) is 10.1 Å². The zero-order valence-corrected chi connectivity index (χ0v) is 9.44. The van der Waals surface area contributed by atoms with E-state index >= 15 is 0 Å². The van der Waals surface area contributed by atoms with Crippen LogP contribution in [0.3, 0.4) is 0 Å². The van der Waals surface area contributed by atoms with Crippen molar-refractivity contribution >= 4 is 17.3 Å². The van der Waals surface area contributed by atoms with Crippen LogP contribution in [-0.2, 0) is 0 Å². The van der Waals surface area contributed by atoms with Crippen molar-refractivity contribution in [2.75, 3.05) is 10.7 Å². The highest BCUT2D eigenvalue weighted by atomic mass is 16.6. The fourth-order valence-electron chi connectivity index (χ4n) is 1.13. The second-order valence-corrected chi connectivity index (χ2v) is 4.34. The van der Waals surface area contributed by atoms with Crippen LogP contribution >= 0.6 is 0 Å². The predicted molar refractivity (Wildman–Crippen MR) is 62.1 cm³/mol. The number of hydrogen-bond acceptors (Lipinski definition) is 6. The lowest BCUT2D eigenvalue weighted by Gasteiger charge is -2.21. The minimum Gasteiger partial charge on any atom is -0.360 e. The Hall–Kier alpha value is -1.89. The monoisotopic (exact) mass is 225 g/mol. The molecule has 4 N–H and O–H groups in total. The molecule has 7 nitrogen and oxygen atoms in total. The van der Waals surface area contributed by atoms with Gasteiger partial charge in [-0.05, 0) is 26.8 Å². The number of nitrogens with one attached hydrogen (secondary N) is 2. The molecule has 88 valence electrons. The number of nitro groups is 1. The van der Waals surface area contributed by atoms with Gasteiger partial charge >= 0.3 is 5.69 Å². The summed E-state index contributed by atoms with van der Waals surface area (Å²) in [5.41, 5.74) is 1.96. The second-order valence-electron chi connectivity index (χ2n) is 4.34. The summed E-state index contributed by atoms with van der Waals surface area (Å²) >= 11 is 0. The van der Waals surface area contributed by atoms with Gasteiger partial charge in [0, 0.05) is 11.6 Å². The Morgan fingerprint density at radius 1 is 1.44 bits per heavy atom. The second kappa shape index (κ2) is 4.31. The molecular formula is C9H15N5O2. The fraction of sp³-hybridized carbons (Fsp3) is 0.444. The summed E-state index contributed by atoms with van der Waals surface area (Å²) < 4.78 is 0. The predicted octanol–water partition coefficient (Wildman–Crippen LogP) is 1.49. The standard InChI is InChI=1S/C9H15N5O2/c1-9(2,3)12-8-6(14(15)16)4-5-7(11-8)13-10/h4-5H,10H2,1-3H3,(H2,11,12,13). The third kappa shape index (κ3) is 3.06. The molecule has 0 aliphatic carbocycles. The van der Waals surface area contributed by atoms with Crippen LogP contribution in [0.15, 0.2) is 12.1 Å². The molecule has 0 bridgehead atoms. The molecule has 1 rings (SSSR count). The zero-order valence-electron chi connectivity index (χ0n) is 9.44. The average molecular weight is 225 g/mol. The third-order valence-corrected chi connectivity index (χ3v) is 1.71. The van der Waals surface area contributed by atoms with Crippen molar-refractivity contribution in [1.82, 2.24) is 4.98 Å². The number of hydrazine groups is 1. The van der Waals surface area contributed by atoms with E-state index in [2.05, 4.69) is 15.7 Å². The van der Waals surface area contributed by atoms with Crippen LogP contribution in [0.5, 0.6) is 0 Å². The number of anilines is 2. The molecule has 1 heterocycles. The number of rotatable bonds is 3. The van der Waals surface area contributed by atoms with Gasteiger partial charge in [0.2, 0.25) is 5.82 Å². The largest absolute Gasteiger partial charge is 0.360 e. The molecule has 0 unspecified atom stereocenters. The maximum Gasteiger partial charge on any atom is 0.311 e. The van der Waals surface area contributed by atoms with Crippen molar-refractivity contribution in [3.8, 4) is 0 Å². The molecule has 0 atom stereocenters. The molecule has 16 heavy (non-hydrogen) atoms. The summed E-state index contributed by atoms with van der Waals surface area (Å²) in [5.74, 6) is 5.77. The first-order chi connectivity index (χ1) is 7.33. The van der Waals surface area contributed by atoms with Gasteiger partial charge in [0.15, 0.2) is 0 Å². The molecule has 1 aromatic heterocycles. The molecule has 0 aliphatic rings. The molecule has 0 aromatic carbocycles. The zero-order chi connectivity index (χ0) is 12.3. The lowest BCUT2D eigenvalue weighted by Crippen LogP contribution is -2.27. The number of pyridine rings is 1. The molecule has 1 aromatic rings. The van der Waals surface area contributed by atoms with Crippen molar-refractivity contribution in [3.63, 3.8) is 0 Å². The first-order valence-electron chi connectivity index (χ1n) is 4.74. The van der Waals surface area contributed by atoms with Gasteiger partial charge in [-0.25, -0.2) is 10.8 Å². The first kappa shape index (κ1) is 12.2. The highest BCUT2D eigenvalue weighted by Crippen LogP contribution is 2.26. The summed E-state index contributed by atoms with van der Waals surface area (Å²) in [5, 5.41) is 13.7. The van der Waals surface area contributed by atoms with Gasteiger partial charge in [0.1, 0.15) is 5.82 Å². The minimum absolute atomic E-state index is 0.0751. The van der Waals surface area contributed by atoms with E-state index < -0.39 is 4.92 Å². The summed E-state index contributed by atoms with van der Waals surface area (Å²) in [6, 6.07) is 2.81. The van der Waals surface area contributed by atoms with Crippen LogP contribution in [0.4, 0.5) is 17.3 Å². The average Bonchev–Trinajstić information content (AvgIpc) is 2.14. The van der Waals surface area contributed by atoms with Crippen LogP contribution in [-0.4, -0.2) is 15.4 Å². The van der Waals surface area contributed by atoms with Crippen LogP contribution in [0.25, 0.3) is 0 Å². The summed E-state index contributed by atoms with van der Waals surface area (Å²) in [6.07, 6.45) is 0. The SMILES string of the molecule is CC(C)(C)Nc1nc(NN)ccc1[N+](=O)[O-]. The van der Waals surface area contributed by atoms with Gasteiger partial charge in [0.05, 0.1) is 4.92 Å². The van der Waals surface area contributed by atoms with Gasteiger partial charge in [0.25, 0.3) is 0 Å². The normalized spacial score (nSPS) is 11.0. The smallest absolute Gasteiger partial charge is 0.311 e. The summed E-state index contributed by atoms with van der Waals surface area (Å²) in [7, 11) is 0. The Bertz CT molecular complexity index is 399. The Labute approximate surface area is 93.2 Å². The number of nitrogens with two attached hydrogens (primary N) is 1. The number of hydrogen-bond donors (Lipinski definition) is 3. The lowest BCUT2D eigenvalue weighted by molar-refractivity contribution is -0.384. The maximum atomic E-state index is 10.8. The van der Waals surface area contributed by atoms with Crippen LogP contribution in [0.1, 0.15) is 20.8 Å². The van der Waals surface area contributed by atoms with E-state index in [1.54, 1.807) is 0 Å². The Morgan fingerprint density at radius 3 is 2.50 bits per heavy atom. The molecule has 7 heteroatoms. The van der Waals surface area contributed by atoms with E-state index in [0.29, 0.717) is 5.82 Å². The van der Waals surface area contributed by atoms with Crippen molar-refractivity contribution in [1.29, 1.82) is 0 Å². The molecule has 0 fully saturated rings. The van der Waals surface area contributed by atoms with Gasteiger partial charge in [-0.2, -0.15) is 0 Å². The highest BCUT2D eigenvalue weighted by molar-refractivity contribution is 5.60. The minimum atomic E-state index is -0.485. The Kier molecular flexibility index (Phi) is 3.28. The van der Waals surface area contributed by atoms with Crippen LogP contribution < -0.4 is 16.6 Å². The van der Waals surface area contributed by atoms with E-state index in [1.165, 1.54) is 12.1 Å². The Balaban J connectivity index is 3.15. The quantitative estimate of drug-likeness (QED) is 0.408. The number of nitrogens with zero attached hydrogens (tertiary/aromatic N) is 2. The fourth-order valence-corrected chi connectivity index (χ4v) is 1.13. The molecular weight excluding hydrogens is 210 g/mol. The van der Waals surface area contributed by atoms with Gasteiger partial charge in [-0.15, -0.1) is 0 Å². The first-order valence-corrected chi connectivity index (χ1v) is 4.74. The maximum absolute atomic E-state index is 10.8. The molecule has 0 radical (unpaired) electrons. The molecule has 0 amide bonds. The highest BCUT2D eigenvalue weighted by Gasteiger charge is 2.20. The molecule has 0 saturated carbocycles. The number of aromatic nitrogens is 1. The number of nitrogen functional groups attached to an aromatic ring is 1. The van der Waals surface area contributed by atoms with Crippen molar-refractivity contribution in [2.24, 2.45) is 5.84 Å². The lowest BCUT2D eigenvalue weighted by atomic mass is 10.1. The van der Waals surface area contributed by atoms with Gasteiger partial charge in [-0.1, -0.05) is 0 Å². The molecule has 0 saturated heterocycles. The Morgan fingerprint density at radius 2 is 2.06 bits per heavy atom. The van der Waals surface area contributed by atoms with E-state index in [0.717, 1.165) is 0 Å². The van der Waals surface area contributed by atoms with E-state index in [4.69, 9.17) is 5.84 Å². The molecule has 0 aliphatic heterocycles. The van der Waals surface area contributed by atoms with Gasteiger partial charge < -0.3 is 10.7 Å².